The first-order valence-corrected chi connectivity index (χ1v) is 5.81. The topological polar surface area (TPSA) is 72.7 Å². The molecule has 0 aromatic carbocycles. The van der Waals surface area contributed by atoms with Crippen LogP contribution in [0, 0.1) is 0 Å². The van der Waals surface area contributed by atoms with Gasteiger partial charge in [-0.05, 0) is 13.0 Å². The van der Waals surface area contributed by atoms with Gasteiger partial charge < -0.3 is 5.32 Å². The van der Waals surface area contributed by atoms with E-state index in [1.165, 1.54) is 11.0 Å². The van der Waals surface area contributed by atoms with Gasteiger partial charge in [0.15, 0.2) is 11.0 Å². The summed E-state index contributed by atoms with van der Waals surface area (Å²) in [4.78, 5) is 19.5. The molecule has 0 aliphatic rings. The summed E-state index contributed by atoms with van der Waals surface area (Å²) in [5.41, 5.74) is 0. The third-order valence-electron chi connectivity index (χ3n) is 2.29. The van der Waals surface area contributed by atoms with Crippen LogP contribution in [0.25, 0.3) is 0 Å². The second-order valence-electron chi connectivity index (χ2n) is 3.48. The highest BCUT2D eigenvalue weighted by Crippen LogP contribution is 2.25. The lowest BCUT2D eigenvalue weighted by atomic mass is 10.3. The fourth-order valence-corrected chi connectivity index (χ4v) is 1.56. The standard InChI is InChI=1S/C10H9Cl2N5O/c1-6(17-4-2-3-15-17)10(18)16-9-7(11)8(12)13-5-14-9/h2-6H,1H3,(H,13,14,16,18). The largest absolute Gasteiger partial charge is 0.307 e. The maximum atomic E-state index is 11.9. The van der Waals surface area contributed by atoms with E-state index in [2.05, 4.69) is 20.4 Å². The predicted molar refractivity (Wildman–Crippen MR) is 67.6 cm³/mol. The van der Waals surface area contributed by atoms with E-state index in [0.29, 0.717) is 0 Å². The molecule has 0 bridgehead atoms. The second kappa shape index (κ2) is 5.32. The summed E-state index contributed by atoms with van der Waals surface area (Å²) in [5.74, 6) is -0.115. The number of nitrogens with zero attached hydrogens (tertiary/aromatic N) is 4. The first kappa shape index (κ1) is 12.8. The van der Waals surface area contributed by atoms with Crippen LogP contribution in [0.3, 0.4) is 0 Å². The number of hydrogen-bond donors (Lipinski definition) is 1. The molecule has 0 fully saturated rings. The van der Waals surface area contributed by atoms with Crippen LogP contribution in [0.1, 0.15) is 13.0 Å². The molecule has 1 unspecified atom stereocenters. The third kappa shape index (κ3) is 2.60. The number of aromatic nitrogens is 4. The first-order valence-electron chi connectivity index (χ1n) is 5.05. The Hall–Kier alpha value is -1.66. The lowest BCUT2D eigenvalue weighted by Crippen LogP contribution is -2.24. The van der Waals surface area contributed by atoms with E-state index in [-0.39, 0.29) is 21.9 Å². The molecule has 2 rings (SSSR count). The Labute approximate surface area is 113 Å². The number of halogens is 2. The SMILES string of the molecule is CC(C(=O)Nc1ncnc(Cl)c1Cl)n1cccn1. The smallest absolute Gasteiger partial charge is 0.250 e. The van der Waals surface area contributed by atoms with Gasteiger partial charge in [-0.3, -0.25) is 9.48 Å². The summed E-state index contributed by atoms with van der Waals surface area (Å²) in [5, 5.41) is 6.76. The molecular formula is C10H9Cl2N5O. The van der Waals surface area contributed by atoms with Gasteiger partial charge in [-0.25, -0.2) is 9.97 Å². The van der Waals surface area contributed by atoms with Crippen molar-refractivity contribution in [2.24, 2.45) is 0 Å². The van der Waals surface area contributed by atoms with Crippen molar-refractivity contribution in [3.63, 3.8) is 0 Å². The van der Waals surface area contributed by atoms with Crippen molar-refractivity contribution in [1.29, 1.82) is 0 Å². The van der Waals surface area contributed by atoms with Gasteiger partial charge >= 0.3 is 0 Å². The minimum atomic E-state index is -0.482. The molecule has 0 saturated heterocycles. The quantitative estimate of drug-likeness (QED) is 0.878. The van der Waals surface area contributed by atoms with Crippen molar-refractivity contribution in [2.45, 2.75) is 13.0 Å². The van der Waals surface area contributed by atoms with Gasteiger partial charge in [0.05, 0.1) is 0 Å². The minimum absolute atomic E-state index is 0.0914. The minimum Gasteiger partial charge on any atom is -0.307 e. The normalized spacial score (nSPS) is 12.2. The highest BCUT2D eigenvalue weighted by molar-refractivity contribution is 6.42. The van der Waals surface area contributed by atoms with Gasteiger partial charge in [-0.1, -0.05) is 23.2 Å². The fourth-order valence-electron chi connectivity index (χ4n) is 1.29. The molecule has 2 aromatic heterocycles. The molecule has 8 heteroatoms. The summed E-state index contributed by atoms with van der Waals surface area (Å²) >= 11 is 11.6. The Balaban J connectivity index is 2.14. The van der Waals surface area contributed by atoms with Crippen molar-refractivity contribution in [3.05, 3.63) is 35.0 Å². The van der Waals surface area contributed by atoms with Crippen LogP contribution in [0.15, 0.2) is 24.8 Å². The summed E-state index contributed by atoms with van der Waals surface area (Å²) in [7, 11) is 0. The maximum Gasteiger partial charge on any atom is 0.250 e. The summed E-state index contributed by atoms with van der Waals surface area (Å²) in [6, 6.07) is 1.25. The molecular weight excluding hydrogens is 277 g/mol. The molecule has 0 aliphatic heterocycles. The van der Waals surface area contributed by atoms with E-state index >= 15 is 0 Å². The molecule has 18 heavy (non-hydrogen) atoms. The lowest BCUT2D eigenvalue weighted by molar-refractivity contribution is -0.119. The number of amides is 1. The van der Waals surface area contributed by atoms with Crippen LogP contribution >= 0.6 is 23.2 Å². The van der Waals surface area contributed by atoms with Crippen molar-refractivity contribution in [2.75, 3.05) is 5.32 Å². The number of carbonyl (C=O) groups excluding carboxylic acids is 1. The first-order chi connectivity index (χ1) is 8.59. The van der Waals surface area contributed by atoms with E-state index in [1.54, 1.807) is 25.4 Å². The van der Waals surface area contributed by atoms with Crippen LogP contribution in [-0.4, -0.2) is 25.7 Å². The molecule has 1 atom stereocenters. The summed E-state index contributed by atoms with van der Waals surface area (Å²) in [6.45, 7) is 1.71. The third-order valence-corrected chi connectivity index (χ3v) is 3.03. The molecule has 2 aromatic rings. The Bertz CT molecular complexity index is 557. The molecule has 0 saturated carbocycles. The number of carbonyl (C=O) groups is 1. The van der Waals surface area contributed by atoms with E-state index < -0.39 is 6.04 Å². The zero-order chi connectivity index (χ0) is 13.1. The fraction of sp³-hybridized carbons (Fsp3) is 0.200. The van der Waals surface area contributed by atoms with Crippen molar-refractivity contribution >= 4 is 34.9 Å². The second-order valence-corrected chi connectivity index (χ2v) is 4.21. The van der Waals surface area contributed by atoms with Crippen LogP contribution in [0.2, 0.25) is 10.2 Å². The van der Waals surface area contributed by atoms with Crippen molar-refractivity contribution in [1.82, 2.24) is 19.7 Å². The van der Waals surface area contributed by atoms with Crippen LogP contribution in [-0.2, 0) is 4.79 Å². The molecule has 1 amide bonds. The molecule has 0 spiro atoms. The van der Waals surface area contributed by atoms with E-state index in [1.807, 2.05) is 0 Å². The summed E-state index contributed by atoms with van der Waals surface area (Å²) in [6.07, 6.45) is 4.51. The van der Waals surface area contributed by atoms with Gasteiger partial charge in [-0.2, -0.15) is 5.10 Å². The maximum absolute atomic E-state index is 11.9. The number of anilines is 1. The van der Waals surface area contributed by atoms with Crippen LogP contribution in [0.4, 0.5) is 5.82 Å². The molecule has 6 nitrogen and oxygen atoms in total. The predicted octanol–water partition coefficient (Wildman–Crippen LogP) is 2.18. The highest BCUT2D eigenvalue weighted by Gasteiger charge is 2.17. The Kier molecular flexibility index (Phi) is 3.78. The zero-order valence-corrected chi connectivity index (χ0v) is 10.9. The zero-order valence-electron chi connectivity index (χ0n) is 9.34. The van der Waals surface area contributed by atoms with Gasteiger partial charge in [0.2, 0.25) is 5.91 Å². The Morgan fingerprint density at radius 1 is 1.44 bits per heavy atom. The molecule has 94 valence electrons. The van der Waals surface area contributed by atoms with Crippen molar-refractivity contribution < 1.29 is 4.79 Å². The average Bonchev–Trinajstić information content (AvgIpc) is 2.87. The monoisotopic (exact) mass is 285 g/mol. The molecule has 0 radical (unpaired) electrons. The summed E-state index contributed by atoms with van der Waals surface area (Å²) < 4.78 is 1.52. The lowest BCUT2D eigenvalue weighted by Gasteiger charge is -2.12. The van der Waals surface area contributed by atoms with E-state index in [9.17, 15) is 4.79 Å². The number of nitrogens with one attached hydrogen (secondary N) is 1. The molecule has 2 heterocycles. The van der Waals surface area contributed by atoms with Gasteiger partial charge in [0, 0.05) is 12.4 Å². The van der Waals surface area contributed by atoms with Gasteiger partial charge in [0.1, 0.15) is 17.4 Å². The molecule has 0 aliphatic carbocycles. The van der Waals surface area contributed by atoms with Crippen molar-refractivity contribution in [3.8, 4) is 0 Å². The Morgan fingerprint density at radius 2 is 2.22 bits per heavy atom. The number of hydrogen-bond acceptors (Lipinski definition) is 4. The highest BCUT2D eigenvalue weighted by atomic mass is 35.5. The molecule has 1 N–H and O–H groups in total. The average molecular weight is 286 g/mol. The van der Waals surface area contributed by atoms with Crippen LogP contribution in [0.5, 0.6) is 0 Å². The Morgan fingerprint density at radius 3 is 2.89 bits per heavy atom. The van der Waals surface area contributed by atoms with Crippen LogP contribution < -0.4 is 5.32 Å². The van der Waals surface area contributed by atoms with Gasteiger partial charge in [-0.15, -0.1) is 0 Å². The van der Waals surface area contributed by atoms with E-state index in [4.69, 9.17) is 23.2 Å². The van der Waals surface area contributed by atoms with E-state index in [0.717, 1.165) is 0 Å². The number of rotatable bonds is 3. The van der Waals surface area contributed by atoms with Gasteiger partial charge in [0.25, 0.3) is 0 Å².